The minimum absolute atomic E-state index is 0.0357. The van der Waals surface area contributed by atoms with Gasteiger partial charge >= 0.3 is 5.69 Å². The van der Waals surface area contributed by atoms with Crippen molar-refractivity contribution in [1.29, 1.82) is 0 Å². The molecule has 22 heavy (non-hydrogen) atoms. The lowest BCUT2D eigenvalue weighted by Gasteiger charge is -2.23. The van der Waals surface area contributed by atoms with Crippen molar-refractivity contribution in [2.24, 2.45) is 0 Å². The molecule has 1 amide bonds. The van der Waals surface area contributed by atoms with Crippen molar-refractivity contribution >= 4 is 5.91 Å². The number of aromatic amines is 2. The van der Waals surface area contributed by atoms with E-state index in [2.05, 4.69) is 27.1 Å². The Morgan fingerprint density at radius 2 is 2.23 bits per heavy atom. The Hall–Kier alpha value is -1.89. The van der Waals surface area contributed by atoms with Gasteiger partial charge in [-0.3, -0.25) is 19.5 Å². The van der Waals surface area contributed by atoms with Gasteiger partial charge in [0.25, 0.3) is 5.56 Å². The summed E-state index contributed by atoms with van der Waals surface area (Å²) in [6.07, 6.45) is 2.86. The molecule has 1 fully saturated rings. The molecule has 1 aliphatic heterocycles. The molecular weight excluding hydrogens is 284 g/mol. The SMILES string of the molecule is CCCCNC(=O)[C@H](C)N1CC[C@H](c2cc(=O)[nH]c(=O)[nH]2)C1. The van der Waals surface area contributed by atoms with E-state index in [0.29, 0.717) is 18.8 Å². The van der Waals surface area contributed by atoms with Crippen LogP contribution in [-0.4, -0.2) is 46.5 Å². The van der Waals surface area contributed by atoms with E-state index in [1.165, 1.54) is 6.07 Å². The Kier molecular flexibility index (Phi) is 5.54. The second-order valence-electron chi connectivity index (χ2n) is 5.84. The molecule has 0 spiro atoms. The fourth-order valence-corrected chi connectivity index (χ4v) is 2.80. The Morgan fingerprint density at radius 1 is 1.45 bits per heavy atom. The largest absolute Gasteiger partial charge is 0.355 e. The predicted octanol–water partition coefficient (Wildman–Crippen LogP) is 0.157. The van der Waals surface area contributed by atoms with Gasteiger partial charge < -0.3 is 10.3 Å². The van der Waals surface area contributed by atoms with E-state index in [0.717, 1.165) is 25.8 Å². The number of nitrogens with zero attached hydrogens (tertiary/aromatic N) is 1. The highest BCUT2D eigenvalue weighted by Gasteiger charge is 2.30. The van der Waals surface area contributed by atoms with Crippen molar-refractivity contribution < 1.29 is 4.79 Å². The van der Waals surface area contributed by atoms with Crippen LogP contribution in [0.5, 0.6) is 0 Å². The number of nitrogens with one attached hydrogen (secondary N) is 3. The van der Waals surface area contributed by atoms with E-state index in [4.69, 9.17) is 0 Å². The molecule has 0 bridgehead atoms. The monoisotopic (exact) mass is 308 g/mol. The molecule has 2 atom stereocenters. The van der Waals surface area contributed by atoms with Gasteiger partial charge in [-0.25, -0.2) is 4.79 Å². The summed E-state index contributed by atoms with van der Waals surface area (Å²) in [6, 6.07) is 1.23. The van der Waals surface area contributed by atoms with Crippen LogP contribution < -0.4 is 16.6 Å². The zero-order valence-corrected chi connectivity index (χ0v) is 13.1. The van der Waals surface area contributed by atoms with E-state index in [-0.39, 0.29) is 23.4 Å². The average molecular weight is 308 g/mol. The molecule has 0 unspecified atom stereocenters. The van der Waals surface area contributed by atoms with Gasteiger partial charge in [-0.1, -0.05) is 13.3 Å². The number of H-pyrrole nitrogens is 2. The summed E-state index contributed by atoms with van der Waals surface area (Å²) in [5.74, 6) is 0.120. The predicted molar refractivity (Wildman–Crippen MR) is 84.0 cm³/mol. The molecule has 0 aliphatic carbocycles. The maximum Gasteiger partial charge on any atom is 0.325 e. The summed E-state index contributed by atoms with van der Waals surface area (Å²) in [6.45, 7) is 6.13. The number of rotatable bonds is 6. The summed E-state index contributed by atoms with van der Waals surface area (Å²) in [4.78, 5) is 41.8. The molecule has 7 heteroatoms. The maximum absolute atomic E-state index is 12.1. The molecule has 122 valence electrons. The number of hydrogen-bond acceptors (Lipinski definition) is 4. The molecule has 1 saturated heterocycles. The summed E-state index contributed by atoms with van der Waals surface area (Å²) >= 11 is 0. The number of hydrogen-bond donors (Lipinski definition) is 3. The highest BCUT2D eigenvalue weighted by atomic mass is 16.2. The first-order valence-electron chi connectivity index (χ1n) is 7.86. The summed E-state index contributed by atoms with van der Waals surface area (Å²) < 4.78 is 0. The molecule has 2 heterocycles. The minimum Gasteiger partial charge on any atom is -0.355 e. The standard InChI is InChI=1S/C15H24N4O3/c1-3-4-6-16-14(21)10(2)19-7-5-11(9-19)12-8-13(20)18-15(22)17-12/h8,10-11H,3-7,9H2,1-2H3,(H,16,21)(H2,17,18,20,22)/t10-,11-/m0/s1. The van der Waals surface area contributed by atoms with Crippen LogP contribution in [0.15, 0.2) is 15.7 Å². The second-order valence-corrected chi connectivity index (χ2v) is 5.84. The van der Waals surface area contributed by atoms with Crippen molar-refractivity contribution in [3.05, 3.63) is 32.6 Å². The average Bonchev–Trinajstić information content (AvgIpc) is 2.95. The highest BCUT2D eigenvalue weighted by molar-refractivity contribution is 5.81. The van der Waals surface area contributed by atoms with Crippen LogP contribution in [0.1, 0.15) is 44.7 Å². The number of likely N-dealkylation sites (tertiary alicyclic amines) is 1. The molecule has 1 aromatic heterocycles. The Labute approximate surface area is 129 Å². The van der Waals surface area contributed by atoms with Gasteiger partial charge in [0.05, 0.1) is 6.04 Å². The van der Waals surface area contributed by atoms with E-state index in [9.17, 15) is 14.4 Å². The number of aromatic nitrogens is 2. The van der Waals surface area contributed by atoms with E-state index in [1.807, 2.05) is 6.92 Å². The van der Waals surface area contributed by atoms with E-state index < -0.39 is 5.69 Å². The lowest BCUT2D eigenvalue weighted by Crippen LogP contribution is -2.44. The van der Waals surface area contributed by atoms with E-state index in [1.54, 1.807) is 0 Å². The number of carbonyl (C=O) groups excluding carboxylic acids is 1. The van der Waals surface area contributed by atoms with E-state index >= 15 is 0 Å². The zero-order valence-electron chi connectivity index (χ0n) is 13.1. The maximum atomic E-state index is 12.1. The third-order valence-electron chi connectivity index (χ3n) is 4.20. The summed E-state index contributed by atoms with van der Waals surface area (Å²) in [5, 5.41) is 2.94. The van der Waals surface area contributed by atoms with Gasteiger partial charge in [0.15, 0.2) is 0 Å². The fourth-order valence-electron chi connectivity index (χ4n) is 2.80. The van der Waals surface area contributed by atoms with Gasteiger partial charge in [-0.05, 0) is 26.3 Å². The topological polar surface area (TPSA) is 98.1 Å². The Bertz CT molecular complexity index is 593. The summed E-state index contributed by atoms with van der Waals surface area (Å²) in [7, 11) is 0. The van der Waals surface area contributed by atoms with Crippen LogP contribution in [0.4, 0.5) is 0 Å². The Morgan fingerprint density at radius 3 is 2.91 bits per heavy atom. The quantitative estimate of drug-likeness (QED) is 0.652. The van der Waals surface area contributed by atoms with Gasteiger partial charge in [-0.2, -0.15) is 0 Å². The molecule has 1 aliphatic rings. The van der Waals surface area contributed by atoms with Gasteiger partial charge in [0, 0.05) is 30.8 Å². The van der Waals surface area contributed by atoms with Crippen molar-refractivity contribution in [2.75, 3.05) is 19.6 Å². The molecule has 3 N–H and O–H groups in total. The molecule has 0 radical (unpaired) electrons. The lowest BCUT2D eigenvalue weighted by molar-refractivity contribution is -0.125. The molecule has 0 saturated carbocycles. The fraction of sp³-hybridized carbons (Fsp3) is 0.667. The molecule has 1 aromatic rings. The van der Waals surface area contributed by atoms with Crippen molar-refractivity contribution in [3.63, 3.8) is 0 Å². The number of unbranched alkanes of at least 4 members (excludes halogenated alkanes) is 1. The van der Waals surface area contributed by atoms with Gasteiger partial charge in [0.2, 0.25) is 5.91 Å². The molecular formula is C15H24N4O3. The Balaban J connectivity index is 1.95. The number of carbonyl (C=O) groups is 1. The first-order valence-corrected chi connectivity index (χ1v) is 7.86. The highest BCUT2D eigenvalue weighted by Crippen LogP contribution is 2.25. The molecule has 2 rings (SSSR count). The van der Waals surface area contributed by atoms with Gasteiger partial charge in [-0.15, -0.1) is 0 Å². The third kappa shape index (κ3) is 4.07. The van der Waals surface area contributed by atoms with Crippen LogP contribution in [0.2, 0.25) is 0 Å². The van der Waals surface area contributed by atoms with Crippen LogP contribution >= 0.6 is 0 Å². The van der Waals surface area contributed by atoms with Crippen molar-refractivity contribution in [2.45, 2.75) is 45.1 Å². The normalized spacial score (nSPS) is 20.0. The first-order chi connectivity index (χ1) is 10.5. The van der Waals surface area contributed by atoms with Crippen molar-refractivity contribution in [3.8, 4) is 0 Å². The first kappa shape index (κ1) is 16.5. The summed E-state index contributed by atoms with van der Waals surface area (Å²) in [5.41, 5.74) is -0.219. The lowest BCUT2D eigenvalue weighted by atomic mass is 10.1. The molecule has 0 aromatic carbocycles. The third-order valence-corrected chi connectivity index (χ3v) is 4.20. The second kappa shape index (κ2) is 7.40. The van der Waals surface area contributed by atoms with Gasteiger partial charge in [0.1, 0.15) is 0 Å². The van der Waals surface area contributed by atoms with Crippen LogP contribution in [0.3, 0.4) is 0 Å². The number of amides is 1. The smallest absolute Gasteiger partial charge is 0.325 e. The zero-order chi connectivity index (χ0) is 16.1. The molecule has 7 nitrogen and oxygen atoms in total. The minimum atomic E-state index is -0.480. The van der Waals surface area contributed by atoms with Crippen LogP contribution in [-0.2, 0) is 4.79 Å². The van der Waals surface area contributed by atoms with Crippen LogP contribution in [0, 0.1) is 0 Å². The van der Waals surface area contributed by atoms with Crippen LogP contribution in [0.25, 0.3) is 0 Å². The van der Waals surface area contributed by atoms with Crippen molar-refractivity contribution in [1.82, 2.24) is 20.2 Å².